The van der Waals surface area contributed by atoms with Crippen LogP contribution in [0.15, 0.2) is 48.5 Å². The molecule has 2 nitrogen and oxygen atoms in total. The van der Waals surface area contributed by atoms with Crippen LogP contribution in [-0.2, 0) is 0 Å². The van der Waals surface area contributed by atoms with E-state index < -0.39 is 0 Å². The van der Waals surface area contributed by atoms with Crippen LogP contribution in [-0.4, -0.2) is 5.11 Å². The highest BCUT2D eigenvalue weighted by Crippen LogP contribution is 2.22. The molecule has 0 saturated heterocycles. The predicted molar refractivity (Wildman–Crippen MR) is 71.3 cm³/mol. The maximum Gasteiger partial charge on any atom is 0.115 e. The zero-order valence-corrected chi connectivity index (χ0v) is 10.1. The van der Waals surface area contributed by atoms with Crippen LogP contribution in [0, 0.1) is 6.92 Å². The Kier molecular flexibility index (Phi) is 3.33. The van der Waals surface area contributed by atoms with E-state index in [0.717, 1.165) is 11.3 Å². The zero-order chi connectivity index (χ0) is 12.3. The molecule has 2 rings (SSSR count). The standard InChI is InChI=1S/C15H17NO/c1-11-5-3-7-14(9-11)16-12(2)13-6-4-8-15(17)10-13/h3-10,12,16-17H,1-2H3. The van der Waals surface area contributed by atoms with Crippen LogP contribution in [0.5, 0.6) is 5.75 Å². The van der Waals surface area contributed by atoms with Crippen LogP contribution in [0.25, 0.3) is 0 Å². The Bertz CT molecular complexity index is 508. The fourth-order valence-corrected chi connectivity index (χ4v) is 1.86. The normalized spacial score (nSPS) is 12.1. The van der Waals surface area contributed by atoms with Crippen LogP contribution in [0.2, 0.25) is 0 Å². The lowest BCUT2D eigenvalue weighted by molar-refractivity contribution is 0.474. The first-order chi connectivity index (χ1) is 8.15. The molecule has 1 unspecified atom stereocenters. The molecule has 0 aromatic heterocycles. The minimum atomic E-state index is 0.170. The Balaban J connectivity index is 2.14. The van der Waals surface area contributed by atoms with Gasteiger partial charge in [0.05, 0.1) is 0 Å². The van der Waals surface area contributed by atoms with Crippen molar-refractivity contribution in [1.82, 2.24) is 0 Å². The molecule has 0 aliphatic rings. The summed E-state index contributed by atoms with van der Waals surface area (Å²) in [6.45, 7) is 4.15. The minimum absolute atomic E-state index is 0.170. The van der Waals surface area contributed by atoms with Crippen molar-refractivity contribution in [1.29, 1.82) is 0 Å². The summed E-state index contributed by atoms with van der Waals surface area (Å²) in [5.74, 6) is 0.306. The molecule has 0 aliphatic heterocycles. The average Bonchev–Trinajstić information content (AvgIpc) is 2.29. The van der Waals surface area contributed by atoms with E-state index >= 15 is 0 Å². The lowest BCUT2D eigenvalue weighted by Gasteiger charge is -2.16. The Morgan fingerprint density at radius 1 is 1.06 bits per heavy atom. The van der Waals surface area contributed by atoms with Gasteiger partial charge in [-0.25, -0.2) is 0 Å². The van der Waals surface area contributed by atoms with Gasteiger partial charge in [0.25, 0.3) is 0 Å². The summed E-state index contributed by atoms with van der Waals surface area (Å²) in [4.78, 5) is 0. The Morgan fingerprint density at radius 2 is 1.82 bits per heavy atom. The number of hydrogen-bond acceptors (Lipinski definition) is 2. The summed E-state index contributed by atoms with van der Waals surface area (Å²) in [6, 6.07) is 15.8. The van der Waals surface area contributed by atoms with E-state index in [1.165, 1.54) is 5.56 Å². The smallest absolute Gasteiger partial charge is 0.115 e. The summed E-state index contributed by atoms with van der Waals surface area (Å²) in [5.41, 5.74) is 3.41. The number of aromatic hydroxyl groups is 1. The first kappa shape index (κ1) is 11.5. The fraction of sp³-hybridized carbons (Fsp3) is 0.200. The molecule has 1 atom stereocenters. The molecule has 2 heteroatoms. The van der Waals surface area contributed by atoms with Gasteiger partial charge < -0.3 is 10.4 Å². The quantitative estimate of drug-likeness (QED) is 0.834. The molecule has 88 valence electrons. The number of hydrogen-bond donors (Lipinski definition) is 2. The van der Waals surface area contributed by atoms with Gasteiger partial charge in [-0.3, -0.25) is 0 Å². The molecule has 0 radical (unpaired) electrons. The van der Waals surface area contributed by atoms with Gasteiger partial charge in [-0.05, 0) is 49.2 Å². The first-order valence-corrected chi connectivity index (χ1v) is 5.77. The maximum absolute atomic E-state index is 9.44. The van der Waals surface area contributed by atoms with Crippen molar-refractivity contribution >= 4 is 5.69 Å². The van der Waals surface area contributed by atoms with Gasteiger partial charge in [0.2, 0.25) is 0 Å². The van der Waals surface area contributed by atoms with Gasteiger partial charge >= 0.3 is 0 Å². The van der Waals surface area contributed by atoms with Crippen molar-refractivity contribution in [2.24, 2.45) is 0 Å². The van der Waals surface area contributed by atoms with Crippen molar-refractivity contribution in [2.75, 3.05) is 5.32 Å². The Morgan fingerprint density at radius 3 is 2.53 bits per heavy atom. The third-order valence-corrected chi connectivity index (χ3v) is 2.77. The summed E-state index contributed by atoms with van der Waals surface area (Å²) >= 11 is 0. The number of aryl methyl sites for hydroxylation is 1. The van der Waals surface area contributed by atoms with Crippen molar-refractivity contribution in [3.8, 4) is 5.75 Å². The maximum atomic E-state index is 9.44. The van der Waals surface area contributed by atoms with Crippen LogP contribution in [0.1, 0.15) is 24.1 Å². The second kappa shape index (κ2) is 4.91. The number of phenols is 1. The van der Waals surface area contributed by atoms with E-state index in [1.807, 2.05) is 24.3 Å². The molecule has 2 aromatic rings. The number of phenolic OH excluding ortho intramolecular Hbond substituents is 1. The van der Waals surface area contributed by atoms with E-state index in [2.05, 4.69) is 31.3 Å². The lowest BCUT2D eigenvalue weighted by atomic mass is 10.1. The van der Waals surface area contributed by atoms with E-state index in [9.17, 15) is 5.11 Å². The summed E-state index contributed by atoms with van der Waals surface area (Å²) in [6.07, 6.45) is 0. The molecule has 0 amide bonds. The predicted octanol–water partition coefficient (Wildman–Crippen LogP) is 3.87. The zero-order valence-electron chi connectivity index (χ0n) is 10.1. The van der Waals surface area contributed by atoms with Gasteiger partial charge in [-0.1, -0.05) is 24.3 Å². The molecule has 2 aromatic carbocycles. The van der Waals surface area contributed by atoms with Crippen molar-refractivity contribution in [2.45, 2.75) is 19.9 Å². The number of rotatable bonds is 3. The molecule has 0 spiro atoms. The SMILES string of the molecule is Cc1cccc(NC(C)c2cccc(O)c2)c1. The second-order valence-electron chi connectivity index (χ2n) is 4.33. The molecule has 0 saturated carbocycles. The van der Waals surface area contributed by atoms with Gasteiger partial charge in [-0.15, -0.1) is 0 Å². The number of anilines is 1. The Labute approximate surface area is 102 Å². The van der Waals surface area contributed by atoms with Crippen LogP contribution >= 0.6 is 0 Å². The Hall–Kier alpha value is -1.96. The minimum Gasteiger partial charge on any atom is -0.508 e. The third kappa shape index (κ3) is 3.00. The number of benzene rings is 2. The van der Waals surface area contributed by atoms with Crippen LogP contribution < -0.4 is 5.32 Å². The average molecular weight is 227 g/mol. The molecular formula is C15H17NO. The van der Waals surface area contributed by atoms with E-state index in [4.69, 9.17) is 0 Å². The second-order valence-corrected chi connectivity index (χ2v) is 4.33. The van der Waals surface area contributed by atoms with E-state index in [0.29, 0.717) is 5.75 Å². The van der Waals surface area contributed by atoms with Crippen molar-refractivity contribution < 1.29 is 5.11 Å². The van der Waals surface area contributed by atoms with Gasteiger partial charge in [0.1, 0.15) is 5.75 Å². The molecule has 0 aliphatic carbocycles. The third-order valence-electron chi connectivity index (χ3n) is 2.77. The molecular weight excluding hydrogens is 210 g/mol. The van der Waals surface area contributed by atoms with E-state index in [1.54, 1.807) is 12.1 Å². The van der Waals surface area contributed by atoms with Gasteiger partial charge in [0.15, 0.2) is 0 Å². The summed E-state index contributed by atoms with van der Waals surface area (Å²) in [7, 11) is 0. The van der Waals surface area contributed by atoms with Crippen molar-refractivity contribution in [3.05, 3.63) is 59.7 Å². The highest BCUT2D eigenvalue weighted by atomic mass is 16.3. The molecule has 0 bridgehead atoms. The largest absolute Gasteiger partial charge is 0.508 e. The van der Waals surface area contributed by atoms with Crippen molar-refractivity contribution in [3.63, 3.8) is 0 Å². The molecule has 2 N–H and O–H groups in total. The number of nitrogens with one attached hydrogen (secondary N) is 1. The lowest BCUT2D eigenvalue weighted by Crippen LogP contribution is -2.06. The summed E-state index contributed by atoms with van der Waals surface area (Å²) in [5, 5.41) is 12.9. The highest BCUT2D eigenvalue weighted by molar-refractivity contribution is 5.47. The molecule has 0 heterocycles. The first-order valence-electron chi connectivity index (χ1n) is 5.77. The highest BCUT2D eigenvalue weighted by Gasteiger charge is 2.05. The van der Waals surface area contributed by atoms with Gasteiger partial charge in [0, 0.05) is 11.7 Å². The van der Waals surface area contributed by atoms with Crippen LogP contribution in [0.3, 0.4) is 0 Å². The monoisotopic (exact) mass is 227 g/mol. The van der Waals surface area contributed by atoms with Crippen LogP contribution in [0.4, 0.5) is 5.69 Å². The molecule has 17 heavy (non-hydrogen) atoms. The van der Waals surface area contributed by atoms with Gasteiger partial charge in [-0.2, -0.15) is 0 Å². The topological polar surface area (TPSA) is 32.3 Å². The fourth-order valence-electron chi connectivity index (χ4n) is 1.86. The summed E-state index contributed by atoms with van der Waals surface area (Å²) < 4.78 is 0. The van der Waals surface area contributed by atoms with E-state index in [-0.39, 0.29) is 6.04 Å². The molecule has 0 fully saturated rings.